The minimum atomic E-state index is -0.936. The minimum absolute atomic E-state index is 0.439. The number of nitrogens with one attached hydrogen (secondary N) is 1. The molecule has 0 aliphatic carbocycles. The van der Waals surface area contributed by atoms with E-state index in [1.807, 2.05) is 18.2 Å². The Morgan fingerprint density at radius 2 is 2.32 bits per heavy atom. The van der Waals surface area contributed by atoms with Gasteiger partial charge in [0.2, 0.25) is 0 Å². The largest absolute Gasteiger partial charge is 0.479 e. The molecule has 4 N–H and O–H groups in total. The fraction of sp³-hybridized carbons (Fsp3) is 0.500. The summed E-state index contributed by atoms with van der Waals surface area (Å²) in [7, 11) is 0. The Morgan fingerprint density at radius 1 is 1.53 bits per heavy atom. The summed E-state index contributed by atoms with van der Waals surface area (Å²) in [6.45, 7) is 4.05. The van der Waals surface area contributed by atoms with Crippen LogP contribution in [0.4, 0.5) is 0 Å². The zero-order chi connectivity index (χ0) is 14.1. The number of hydrogen-bond donors (Lipinski definition) is 3. The van der Waals surface area contributed by atoms with E-state index in [-0.39, 0.29) is 0 Å². The first-order chi connectivity index (χ1) is 9.17. The normalized spacial score (nSPS) is 12.1. The topological polar surface area (TPSA) is 84.6 Å². The van der Waals surface area contributed by atoms with Gasteiger partial charge >= 0.3 is 5.97 Å². The summed E-state index contributed by atoms with van der Waals surface area (Å²) < 4.78 is 5.45. The van der Waals surface area contributed by atoms with E-state index < -0.39 is 12.1 Å². The van der Waals surface area contributed by atoms with Crippen LogP contribution in [0.15, 0.2) is 24.3 Å². The summed E-state index contributed by atoms with van der Waals surface area (Å²) >= 11 is 0. The number of ether oxygens (including phenoxy) is 1. The number of aliphatic carboxylic acids is 1. The molecule has 1 unspecified atom stereocenters. The van der Waals surface area contributed by atoms with Crippen LogP contribution in [-0.2, 0) is 11.3 Å². The van der Waals surface area contributed by atoms with E-state index in [1.54, 1.807) is 13.0 Å². The maximum Gasteiger partial charge on any atom is 0.344 e. The van der Waals surface area contributed by atoms with Gasteiger partial charge in [0.25, 0.3) is 0 Å². The zero-order valence-corrected chi connectivity index (χ0v) is 11.3. The van der Waals surface area contributed by atoms with Gasteiger partial charge < -0.3 is 20.9 Å². The van der Waals surface area contributed by atoms with Crippen molar-refractivity contribution in [2.75, 3.05) is 13.1 Å². The van der Waals surface area contributed by atoms with Gasteiger partial charge in [0.15, 0.2) is 6.10 Å². The monoisotopic (exact) mass is 266 g/mol. The number of nitrogens with two attached hydrogens (primary N) is 1. The number of carbonyl (C=O) groups is 1. The lowest BCUT2D eigenvalue weighted by molar-refractivity contribution is -0.145. The first-order valence-corrected chi connectivity index (χ1v) is 6.56. The van der Waals surface area contributed by atoms with E-state index in [0.29, 0.717) is 18.7 Å². The summed E-state index contributed by atoms with van der Waals surface area (Å²) in [6.07, 6.45) is 0.585. The number of hydrogen-bond acceptors (Lipinski definition) is 4. The molecular formula is C14H22N2O3. The van der Waals surface area contributed by atoms with Crippen molar-refractivity contribution >= 4 is 5.97 Å². The molecule has 0 aromatic heterocycles. The molecule has 0 aliphatic rings. The lowest BCUT2D eigenvalue weighted by Gasteiger charge is -2.14. The van der Waals surface area contributed by atoms with Gasteiger partial charge in [-0.15, -0.1) is 0 Å². The van der Waals surface area contributed by atoms with Crippen LogP contribution >= 0.6 is 0 Å². The maximum atomic E-state index is 10.9. The molecule has 0 radical (unpaired) electrons. The predicted octanol–water partition coefficient (Wildman–Crippen LogP) is 1.37. The second-order valence-electron chi connectivity index (χ2n) is 4.32. The Hall–Kier alpha value is -1.59. The van der Waals surface area contributed by atoms with Gasteiger partial charge in [0, 0.05) is 6.54 Å². The highest BCUT2D eigenvalue weighted by molar-refractivity contribution is 5.72. The van der Waals surface area contributed by atoms with E-state index in [2.05, 4.69) is 5.32 Å². The number of carboxylic acids is 1. The van der Waals surface area contributed by atoms with Crippen LogP contribution in [0.25, 0.3) is 0 Å². The van der Waals surface area contributed by atoms with Crippen LogP contribution in [-0.4, -0.2) is 30.3 Å². The SMILES string of the molecule is CCC(Oc1cccc(CNCCCN)c1)C(=O)O. The Labute approximate surface area is 113 Å². The lowest BCUT2D eigenvalue weighted by Crippen LogP contribution is -2.26. The van der Waals surface area contributed by atoms with Gasteiger partial charge in [-0.1, -0.05) is 19.1 Å². The first-order valence-electron chi connectivity index (χ1n) is 6.56. The average Bonchev–Trinajstić information content (AvgIpc) is 2.41. The van der Waals surface area contributed by atoms with Crippen LogP contribution in [0.2, 0.25) is 0 Å². The van der Waals surface area contributed by atoms with Gasteiger partial charge in [0.1, 0.15) is 5.75 Å². The van der Waals surface area contributed by atoms with Crippen molar-refractivity contribution < 1.29 is 14.6 Å². The molecule has 0 saturated carbocycles. The van der Waals surface area contributed by atoms with Crippen molar-refractivity contribution in [3.05, 3.63) is 29.8 Å². The molecule has 0 heterocycles. The second-order valence-corrected chi connectivity index (χ2v) is 4.32. The van der Waals surface area contributed by atoms with E-state index in [4.69, 9.17) is 15.6 Å². The first kappa shape index (κ1) is 15.5. The van der Waals surface area contributed by atoms with Crippen molar-refractivity contribution in [3.63, 3.8) is 0 Å². The minimum Gasteiger partial charge on any atom is -0.479 e. The van der Waals surface area contributed by atoms with Crippen molar-refractivity contribution in [1.82, 2.24) is 5.32 Å². The molecule has 0 amide bonds. The van der Waals surface area contributed by atoms with Gasteiger partial charge in [-0.2, -0.15) is 0 Å². The average molecular weight is 266 g/mol. The molecule has 106 valence electrons. The van der Waals surface area contributed by atoms with Gasteiger partial charge in [-0.25, -0.2) is 4.79 Å². The second kappa shape index (κ2) is 8.50. The van der Waals surface area contributed by atoms with Gasteiger partial charge in [-0.05, 0) is 43.6 Å². The summed E-state index contributed by atoms with van der Waals surface area (Å²) in [5.74, 6) is -0.346. The molecule has 0 fully saturated rings. The molecule has 5 nitrogen and oxygen atoms in total. The number of benzene rings is 1. The predicted molar refractivity (Wildman–Crippen MR) is 74.2 cm³/mol. The Bertz CT molecular complexity index is 396. The fourth-order valence-electron chi connectivity index (χ4n) is 1.66. The molecule has 5 heteroatoms. The summed E-state index contributed by atoms with van der Waals surface area (Å²) in [5.41, 5.74) is 6.48. The number of carboxylic acid groups (broad SMARTS) is 1. The van der Waals surface area contributed by atoms with Crippen molar-refractivity contribution in [2.24, 2.45) is 5.73 Å². The summed E-state index contributed by atoms with van der Waals surface area (Å²) in [4.78, 5) is 10.9. The van der Waals surface area contributed by atoms with E-state index in [9.17, 15) is 4.79 Å². The Kier molecular flexibility index (Phi) is 6.92. The third-order valence-electron chi connectivity index (χ3n) is 2.71. The van der Waals surface area contributed by atoms with E-state index in [1.165, 1.54) is 0 Å². The lowest BCUT2D eigenvalue weighted by atomic mass is 10.2. The van der Waals surface area contributed by atoms with E-state index >= 15 is 0 Å². The van der Waals surface area contributed by atoms with Gasteiger partial charge in [-0.3, -0.25) is 0 Å². The fourth-order valence-corrected chi connectivity index (χ4v) is 1.66. The molecule has 1 rings (SSSR count). The third-order valence-corrected chi connectivity index (χ3v) is 2.71. The molecule has 1 atom stereocenters. The van der Waals surface area contributed by atoms with Crippen LogP contribution < -0.4 is 15.8 Å². The highest BCUT2D eigenvalue weighted by Gasteiger charge is 2.16. The molecular weight excluding hydrogens is 244 g/mol. The molecule has 0 saturated heterocycles. The highest BCUT2D eigenvalue weighted by Crippen LogP contribution is 2.16. The van der Waals surface area contributed by atoms with Crippen molar-refractivity contribution in [2.45, 2.75) is 32.4 Å². The molecule has 1 aromatic carbocycles. The van der Waals surface area contributed by atoms with E-state index in [0.717, 1.165) is 25.1 Å². The maximum absolute atomic E-state index is 10.9. The quantitative estimate of drug-likeness (QED) is 0.588. The third kappa shape index (κ3) is 5.72. The summed E-state index contributed by atoms with van der Waals surface area (Å²) in [5, 5.41) is 12.2. The van der Waals surface area contributed by atoms with Crippen LogP contribution in [0.5, 0.6) is 5.75 Å². The van der Waals surface area contributed by atoms with Gasteiger partial charge in [0.05, 0.1) is 0 Å². The molecule has 0 aliphatic heterocycles. The van der Waals surface area contributed by atoms with Crippen molar-refractivity contribution in [1.29, 1.82) is 0 Å². The molecule has 0 spiro atoms. The highest BCUT2D eigenvalue weighted by atomic mass is 16.5. The molecule has 19 heavy (non-hydrogen) atoms. The Balaban J connectivity index is 2.53. The van der Waals surface area contributed by atoms with Crippen LogP contribution in [0.3, 0.4) is 0 Å². The molecule has 0 bridgehead atoms. The van der Waals surface area contributed by atoms with Crippen LogP contribution in [0, 0.1) is 0 Å². The Morgan fingerprint density at radius 3 is 2.95 bits per heavy atom. The molecule has 1 aromatic rings. The smallest absolute Gasteiger partial charge is 0.344 e. The van der Waals surface area contributed by atoms with Crippen molar-refractivity contribution in [3.8, 4) is 5.75 Å². The zero-order valence-electron chi connectivity index (χ0n) is 11.3. The van der Waals surface area contributed by atoms with Crippen LogP contribution in [0.1, 0.15) is 25.3 Å². The number of rotatable bonds is 9. The standard InChI is InChI=1S/C14H22N2O3/c1-2-13(14(17)18)19-12-6-3-5-11(9-12)10-16-8-4-7-15/h3,5-6,9,13,16H,2,4,7-8,10,15H2,1H3,(H,17,18). The summed E-state index contributed by atoms with van der Waals surface area (Å²) in [6, 6.07) is 7.48.